The number of benzene rings is 1. The van der Waals surface area contributed by atoms with Gasteiger partial charge in [-0.25, -0.2) is 0 Å². The lowest BCUT2D eigenvalue weighted by molar-refractivity contribution is -0.140. The van der Waals surface area contributed by atoms with E-state index in [1.54, 1.807) is 48.7 Å². The first kappa shape index (κ1) is 20.5. The van der Waals surface area contributed by atoms with Gasteiger partial charge < -0.3 is 19.6 Å². The van der Waals surface area contributed by atoms with Crippen molar-refractivity contribution in [2.45, 2.75) is 13.0 Å². The fourth-order valence-corrected chi connectivity index (χ4v) is 3.29. The fourth-order valence-electron chi connectivity index (χ4n) is 3.29. The van der Waals surface area contributed by atoms with Crippen LogP contribution in [0.15, 0.2) is 54.2 Å². The van der Waals surface area contributed by atoms with E-state index in [9.17, 15) is 14.7 Å². The fraction of sp³-hybridized carbons (Fsp3) is 0.318. The molecule has 1 fully saturated rings. The molecule has 152 valence electrons. The van der Waals surface area contributed by atoms with E-state index < -0.39 is 17.7 Å². The van der Waals surface area contributed by atoms with Gasteiger partial charge in [0.25, 0.3) is 11.7 Å². The van der Waals surface area contributed by atoms with E-state index >= 15 is 0 Å². The molecule has 0 unspecified atom stereocenters. The van der Waals surface area contributed by atoms with Crippen molar-refractivity contribution in [2.24, 2.45) is 0 Å². The molecule has 3 rings (SSSR count). The summed E-state index contributed by atoms with van der Waals surface area (Å²) in [6.07, 6.45) is 1.61. The highest BCUT2D eigenvalue weighted by Gasteiger charge is 2.46. The number of aliphatic hydroxyl groups excluding tert-OH is 1. The molecule has 2 heterocycles. The normalized spacial score (nSPS) is 18.5. The number of likely N-dealkylation sites (N-methyl/N-ethyl adjacent to an activating group) is 1. The van der Waals surface area contributed by atoms with E-state index in [1.165, 1.54) is 4.90 Å². The molecule has 7 heteroatoms. The summed E-state index contributed by atoms with van der Waals surface area (Å²) in [6, 6.07) is 11.4. The van der Waals surface area contributed by atoms with E-state index in [4.69, 9.17) is 4.74 Å². The SMILES string of the molecule is CCOc1ccc(C(O)=C2C(=O)C(=O)N(CCN(C)C)[C@H]2c2ccccn2)cc1. The number of carbonyl (C=O) groups excluding carboxylic acids is 2. The van der Waals surface area contributed by atoms with E-state index in [0.717, 1.165) is 0 Å². The molecule has 0 saturated carbocycles. The van der Waals surface area contributed by atoms with Crippen molar-refractivity contribution in [3.63, 3.8) is 0 Å². The zero-order chi connectivity index (χ0) is 21.0. The molecular formula is C22H25N3O4. The smallest absolute Gasteiger partial charge is 0.295 e. The molecule has 7 nitrogen and oxygen atoms in total. The molecule has 1 aromatic carbocycles. The van der Waals surface area contributed by atoms with Crippen LogP contribution in [-0.4, -0.2) is 65.4 Å². The van der Waals surface area contributed by atoms with Crippen LogP contribution in [0.3, 0.4) is 0 Å². The van der Waals surface area contributed by atoms with Crippen LogP contribution in [0.5, 0.6) is 5.75 Å². The van der Waals surface area contributed by atoms with Crippen LogP contribution in [0.25, 0.3) is 5.76 Å². The Morgan fingerprint density at radius 1 is 1.17 bits per heavy atom. The van der Waals surface area contributed by atoms with Crippen molar-refractivity contribution in [3.05, 3.63) is 65.5 Å². The van der Waals surface area contributed by atoms with Gasteiger partial charge in [-0.3, -0.25) is 14.6 Å². The van der Waals surface area contributed by atoms with E-state index in [-0.39, 0.29) is 11.3 Å². The molecule has 1 N–H and O–H groups in total. The van der Waals surface area contributed by atoms with Crippen molar-refractivity contribution in [1.82, 2.24) is 14.8 Å². The number of aliphatic hydroxyl groups is 1. The number of aromatic nitrogens is 1. The van der Waals surface area contributed by atoms with Crippen molar-refractivity contribution < 1.29 is 19.4 Å². The number of nitrogens with zero attached hydrogens (tertiary/aromatic N) is 3. The van der Waals surface area contributed by atoms with E-state index in [0.29, 0.717) is 36.7 Å². The monoisotopic (exact) mass is 395 g/mol. The van der Waals surface area contributed by atoms with E-state index in [2.05, 4.69) is 4.98 Å². The van der Waals surface area contributed by atoms with Gasteiger partial charge in [0.2, 0.25) is 0 Å². The number of rotatable bonds is 7. The Labute approximate surface area is 170 Å². The van der Waals surface area contributed by atoms with Crippen LogP contribution in [0, 0.1) is 0 Å². The Balaban J connectivity index is 2.07. The number of carbonyl (C=O) groups is 2. The Hall–Kier alpha value is -3.19. The molecule has 1 atom stereocenters. The Morgan fingerprint density at radius 3 is 2.48 bits per heavy atom. The Morgan fingerprint density at radius 2 is 1.90 bits per heavy atom. The van der Waals surface area contributed by atoms with E-state index in [1.807, 2.05) is 25.9 Å². The molecule has 0 spiro atoms. The average Bonchev–Trinajstić information content (AvgIpc) is 2.98. The number of hydrogen-bond acceptors (Lipinski definition) is 6. The number of ketones is 1. The topological polar surface area (TPSA) is 83.0 Å². The minimum Gasteiger partial charge on any atom is -0.507 e. The minimum atomic E-state index is -0.734. The van der Waals surface area contributed by atoms with Gasteiger partial charge in [0, 0.05) is 24.8 Å². The first-order valence-electron chi connectivity index (χ1n) is 9.51. The third-order valence-electron chi connectivity index (χ3n) is 4.73. The first-order chi connectivity index (χ1) is 13.9. The van der Waals surface area contributed by atoms with Crippen molar-refractivity contribution in [2.75, 3.05) is 33.8 Å². The maximum atomic E-state index is 12.9. The summed E-state index contributed by atoms with van der Waals surface area (Å²) in [5.41, 5.74) is 1.04. The van der Waals surface area contributed by atoms with Gasteiger partial charge in [0.15, 0.2) is 0 Å². The summed E-state index contributed by atoms with van der Waals surface area (Å²) >= 11 is 0. The van der Waals surface area contributed by atoms with Crippen LogP contribution in [0.4, 0.5) is 0 Å². The summed E-state index contributed by atoms with van der Waals surface area (Å²) in [4.78, 5) is 33.4. The third-order valence-corrected chi connectivity index (χ3v) is 4.73. The van der Waals surface area contributed by atoms with Gasteiger partial charge in [0.05, 0.1) is 17.9 Å². The van der Waals surface area contributed by atoms with Gasteiger partial charge in [-0.2, -0.15) is 0 Å². The highest BCUT2D eigenvalue weighted by molar-refractivity contribution is 6.46. The summed E-state index contributed by atoms with van der Waals surface area (Å²) in [7, 11) is 3.79. The molecule has 0 aliphatic carbocycles. The highest BCUT2D eigenvalue weighted by Crippen LogP contribution is 2.38. The standard InChI is InChI=1S/C22H25N3O4/c1-4-29-16-10-8-15(9-11-16)20(26)18-19(17-7-5-6-12-23-17)25(14-13-24(2)3)22(28)21(18)27/h5-12,19,26H,4,13-14H2,1-3H3/t19-/m0/s1. The van der Waals surface area contributed by atoms with Gasteiger partial charge >= 0.3 is 0 Å². The number of amides is 1. The summed E-state index contributed by atoms with van der Waals surface area (Å²) < 4.78 is 5.42. The number of hydrogen-bond donors (Lipinski definition) is 1. The van der Waals surface area contributed by atoms with Crippen LogP contribution in [-0.2, 0) is 9.59 Å². The second-order valence-corrected chi connectivity index (χ2v) is 7.01. The quantitative estimate of drug-likeness (QED) is 0.441. The van der Waals surface area contributed by atoms with Gasteiger partial charge in [-0.1, -0.05) is 6.07 Å². The molecule has 1 saturated heterocycles. The molecule has 29 heavy (non-hydrogen) atoms. The van der Waals surface area contributed by atoms with Crippen molar-refractivity contribution in [3.8, 4) is 5.75 Å². The lowest BCUT2D eigenvalue weighted by Gasteiger charge is -2.25. The van der Waals surface area contributed by atoms with Gasteiger partial charge in [-0.05, 0) is 57.4 Å². The maximum Gasteiger partial charge on any atom is 0.295 e. The van der Waals surface area contributed by atoms with Crippen molar-refractivity contribution in [1.29, 1.82) is 0 Å². The van der Waals surface area contributed by atoms with Gasteiger partial charge in [-0.15, -0.1) is 0 Å². The molecule has 1 aliphatic rings. The van der Waals surface area contributed by atoms with Gasteiger partial charge in [0.1, 0.15) is 17.6 Å². The number of ether oxygens (including phenoxy) is 1. The summed E-state index contributed by atoms with van der Waals surface area (Å²) in [6.45, 7) is 3.34. The van der Waals surface area contributed by atoms with Crippen molar-refractivity contribution >= 4 is 17.4 Å². The zero-order valence-corrected chi connectivity index (χ0v) is 16.8. The molecule has 0 radical (unpaired) electrons. The second kappa shape index (κ2) is 8.87. The lowest BCUT2D eigenvalue weighted by Crippen LogP contribution is -2.35. The molecule has 1 amide bonds. The highest BCUT2D eigenvalue weighted by atomic mass is 16.5. The number of likely N-dealkylation sites (tertiary alicyclic amines) is 1. The Kier molecular flexibility index (Phi) is 6.29. The first-order valence-corrected chi connectivity index (χ1v) is 9.51. The maximum absolute atomic E-state index is 12.9. The second-order valence-electron chi connectivity index (χ2n) is 7.01. The number of pyridine rings is 1. The molecule has 1 aromatic heterocycles. The van der Waals surface area contributed by atoms with Crippen LogP contribution < -0.4 is 4.74 Å². The average molecular weight is 395 g/mol. The summed E-state index contributed by atoms with van der Waals surface area (Å²) in [5, 5.41) is 11.0. The Bertz CT molecular complexity index is 907. The van der Waals surface area contributed by atoms with Crippen LogP contribution in [0.1, 0.15) is 24.2 Å². The predicted octanol–water partition coefficient (Wildman–Crippen LogP) is 2.46. The largest absolute Gasteiger partial charge is 0.507 e. The molecular weight excluding hydrogens is 370 g/mol. The minimum absolute atomic E-state index is 0.0524. The predicted molar refractivity (Wildman–Crippen MR) is 109 cm³/mol. The molecule has 2 aromatic rings. The van der Waals surface area contributed by atoms with Crippen LogP contribution in [0.2, 0.25) is 0 Å². The van der Waals surface area contributed by atoms with Crippen LogP contribution >= 0.6 is 0 Å². The molecule has 0 bridgehead atoms. The third kappa shape index (κ3) is 4.30. The zero-order valence-electron chi connectivity index (χ0n) is 16.8. The lowest BCUT2D eigenvalue weighted by atomic mass is 9.98. The molecule has 1 aliphatic heterocycles. The summed E-state index contributed by atoms with van der Waals surface area (Å²) in [5.74, 6) is -0.882. The number of Topliss-reactive ketones (excluding diaryl/α,β-unsaturated/α-hetero) is 1.